The predicted molar refractivity (Wildman–Crippen MR) is 73.6 cm³/mol. The highest BCUT2D eigenvalue weighted by Gasteiger charge is 2.26. The predicted octanol–water partition coefficient (Wildman–Crippen LogP) is 2.18. The Kier molecular flexibility index (Phi) is 4.54. The average molecular weight is 253 g/mol. The number of rotatable bonds is 4. The van der Waals surface area contributed by atoms with Crippen molar-refractivity contribution in [2.45, 2.75) is 32.7 Å². The molecule has 1 saturated heterocycles. The van der Waals surface area contributed by atoms with E-state index in [1.54, 1.807) is 11.3 Å². The first-order chi connectivity index (χ1) is 8.18. The molecule has 17 heavy (non-hydrogen) atoms. The second kappa shape index (κ2) is 5.94. The van der Waals surface area contributed by atoms with Crippen LogP contribution in [-0.2, 0) is 0 Å². The summed E-state index contributed by atoms with van der Waals surface area (Å²) in [6, 6.07) is 0.672. The third kappa shape index (κ3) is 3.27. The number of nitrogens with one attached hydrogen (secondary N) is 1. The SMILES string of the molecule is CC(CN1CCNCC1C(C)C)c1nccs1. The van der Waals surface area contributed by atoms with Gasteiger partial charge in [0.15, 0.2) is 0 Å². The van der Waals surface area contributed by atoms with E-state index in [-0.39, 0.29) is 0 Å². The number of hydrogen-bond acceptors (Lipinski definition) is 4. The van der Waals surface area contributed by atoms with Crippen LogP contribution in [0.25, 0.3) is 0 Å². The van der Waals surface area contributed by atoms with Crippen LogP contribution in [-0.4, -0.2) is 42.1 Å². The van der Waals surface area contributed by atoms with Gasteiger partial charge in [0.2, 0.25) is 0 Å². The fourth-order valence-electron chi connectivity index (χ4n) is 2.56. The zero-order valence-corrected chi connectivity index (χ0v) is 11.8. The molecule has 0 aromatic carbocycles. The Hall–Kier alpha value is -0.450. The molecule has 4 heteroatoms. The standard InChI is InChI=1S/C13H23N3S/c1-10(2)12-8-14-4-6-16(12)9-11(3)13-15-5-7-17-13/h5,7,10-12,14H,4,6,8-9H2,1-3H3. The number of aromatic nitrogens is 1. The highest BCUT2D eigenvalue weighted by Crippen LogP contribution is 2.22. The number of piperazine rings is 1. The molecule has 0 bridgehead atoms. The van der Waals surface area contributed by atoms with Gasteiger partial charge in [-0.1, -0.05) is 20.8 Å². The van der Waals surface area contributed by atoms with E-state index < -0.39 is 0 Å². The third-order valence-electron chi connectivity index (χ3n) is 3.55. The topological polar surface area (TPSA) is 28.2 Å². The van der Waals surface area contributed by atoms with E-state index in [0.29, 0.717) is 17.9 Å². The molecule has 1 N–H and O–H groups in total. The van der Waals surface area contributed by atoms with Gasteiger partial charge in [0, 0.05) is 49.7 Å². The van der Waals surface area contributed by atoms with E-state index in [1.165, 1.54) is 11.6 Å². The van der Waals surface area contributed by atoms with Gasteiger partial charge in [0.1, 0.15) is 0 Å². The molecule has 0 radical (unpaired) electrons. The molecule has 3 nitrogen and oxygen atoms in total. The van der Waals surface area contributed by atoms with Crippen LogP contribution in [0.15, 0.2) is 11.6 Å². The lowest BCUT2D eigenvalue weighted by molar-refractivity contribution is 0.118. The molecule has 1 fully saturated rings. The van der Waals surface area contributed by atoms with Gasteiger partial charge in [0.25, 0.3) is 0 Å². The molecule has 2 rings (SSSR count). The summed E-state index contributed by atoms with van der Waals surface area (Å²) >= 11 is 1.78. The van der Waals surface area contributed by atoms with E-state index in [4.69, 9.17) is 0 Å². The third-order valence-corrected chi connectivity index (χ3v) is 4.56. The van der Waals surface area contributed by atoms with Gasteiger partial charge < -0.3 is 5.32 Å². The van der Waals surface area contributed by atoms with Crippen molar-refractivity contribution >= 4 is 11.3 Å². The van der Waals surface area contributed by atoms with Gasteiger partial charge >= 0.3 is 0 Å². The Morgan fingerprint density at radius 3 is 3.00 bits per heavy atom. The van der Waals surface area contributed by atoms with Gasteiger partial charge in [-0.3, -0.25) is 4.90 Å². The fraction of sp³-hybridized carbons (Fsp3) is 0.769. The van der Waals surface area contributed by atoms with Crippen LogP contribution in [0.1, 0.15) is 31.7 Å². The molecular weight excluding hydrogens is 230 g/mol. The zero-order chi connectivity index (χ0) is 12.3. The van der Waals surface area contributed by atoms with Crippen LogP contribution in [0.5, 0.6) is 0 Å². The van der Waals surface area contributed by atoms with Gasteiger partial charge in [-0.15, -0.1) is 11.3 Å². The minimum Gasteiger partial charge on any atom is -0.314 e. The lowest BCUT2D eigenvalue weighted by atomic mass is 9.99. The summed E-state index contributed by atoms with van der Waals surface area (Å²) < 4.78 is 0. The maximum Gasteiger partial charge on any atom is 0.0965 e. The number of nitrogens with zero attached hydrogens (tertiary/aromatic N) is 2. The van der Waals surface area contributed by atoms with Crippen molar-refractivity contribution in [2.24, 2.45) is 5.92 Å². The minimum atomic E-state index is 0.550. The summed E-state index contributed by atoms with van der Waals surface area (Å²) in [5.41, 5.74) is 0. The lowest BCUT2D eigenvalue weighted by Gasteiger charge is -2.39. The molecule has 1 aliphatic heterocycles. The summed E-state index contributed by atoms with van der Waals surface area (Å²) in [4.78, 5) is 7.06. The van der Waals surface area contributed by atoms with Crippen LogP contribution in [0.4, 0.5) is 0 Å². The summed E-state index contributed by atoms with van der Waals surface area (Å²) in [7, 11) is 0. The van der Waals surface area contributed by atoms with Crippen molar-refractivity contribution in [1.29, 1.82) is 0 Å². The van der Waals surface area contributed by atoms with Crippen LogP contribution in [0.2, 0.25) is 0 Å². The highest BCUT2D eigenvalue weighted by molar-refractivity contribution is 7.09. The molecule has 1 aromatic rings. The summed E-state index contributed by atoms with van der Waals surface area (Å²) in [5.74, 6) is 1.26. The first-order valence-electron chi connectivity index (χ1n) is 6.52. The molecule has 2 atom stereocenters. The highest BCUT2D eigenvalue weighted by atomic mass is 32.1. The molecule has 0 aliphatic carbocycles. The Morgan fingerprint density at radius 2 is 2.35 bits per heavy atom. The van der Waals surface area contributed by atoms with Crippen molar-refractivity contribution in [3.63, 3.8) is 0 Å². The van der Waals surface area contributed by atoms with Crippen LogP contribution < -0.4 is 5.32 Å². The summed E-state index contributed by atoms with van der Waals surface area (Å²) in [6.45, 7) is 11.5. The van der Waals surface area contributed by atoms with Crippen LogP contribution >= 0.6 is 11.3 Å². The monoisotopic (exact) mass is 253 g/mol. The smallest absolute Gasteiger partial charge is 0.0965 e. The van der Waals surface area contributed by atoms with E-state index in [0.717, 1.165) is 19.6 Å². The maximum atomic E-state index is 4.43. The second-order valence-electron chi connectivity index (χ2n) is 5.28. The second-order valence-corrected chi connectivity index (χ2v) is 6.21. The summed E-state index contributed by atoms with van der Waals surface area (Å²) in [6.07, 6.45) is 1.91. The van der Waals surface area contributed by atoms with Crippen LogP contribution in [0.3, 0.4) is 0 Å². The van der Waals surface area contributed by atoms with E-state index >= 15 is 0 Å². The molecule has 0 spiro atoms. The molecule has 0 amide bonds. The van der Waals surface area contributed by atoms with Crippen molar-refractivity contribution in [3.05, 3.63) is 16.6 Å². The van der Waals surface area contributed by atoms with Gasteiger partial charge in [-0.25, -0.2) is 4.98 Å². The van der Waals surface area contributed by atoms with E-state index in [2.05, 4.69) is 41.4 Å². The number of hydrogen-bond donors (Lipinski definition) is 1. The van der Waals surface area contributed by atoms with E-state index in [9.17, 15) is 0 Å². The maximum absolute atomic E-state index is 4.43. The van der Waals surface area contributed by atoms with Crippen molar-refractivity contribution in [1.82, 2.24) is 15.2 Å². The Balaban J connectivity index is 1.96. The summed E-state index contributed by atoms with van der Waals surface area (Å²) in [5, 5.41) is 6.84. The van der Waals surface area contributed by atoms with E-state index in [1.807, 2.05) is 6.20 Å². The first-order valence-corrected chi connectivity index (χ1v) is 7.40. The average Bonchev–Trinajstić information content (AvgIpc) is 2.83. The van der Waals surface area contributed by atoms with Gasteiger partial charge in [-0.2, -0.15) is 0 Å². The van der Waals surface area contributed by atoms with Gasteiger partial charge in [0.05, 0.1) is 5.01 Å². The zero-order valence-electron chi connectivity index (χ0n) is 11.0. The molecule has 0 saturated carbocycles. The van der Waals surface area contributed by atoms with Crippen LogP contribution in [0, 0.1) is 5.92 Å². The lowest BCUT2D eigenvalue weighted by Crippen LogP contribution is -2.54. The largest absolute Gasteiger partial charge is 0.314 e. The molecule has 2 heterocycles. The normalized spacial score (nSPS) is 24.1. The molecule has 96 valence electrons. The Bertz CT molecular complexity index is 323. The minimum absolute atomic E-state index is 0.550. The quantitative estimate of drug-likeness (QED) is 0.891. The Labute approximate surface area is 108 Å². The molecule has 2 unspecified atom stereocenters. The fourth-order valence-corrected chi connectivity index (χ4v) is 3.25. The molecule has 1 aromatic heterocycles. The van der Waals surface area contributed by atoms with Gasteiger partial charge in [-0.05, 0) is 5.92 Å². The Morgan fingerprint density at radius 1 is 1.53 bits per heavy atom. The van der Waals surface area contributed by atoms with Crippen molar-refractivity contribution in [2.75, 3.05) is 26.2 Å². The first kappa shape index (κ1) is 13.0. The van der Waals surface area contributed by atoms with Crippen molar-refractivity contribution in [3.8, 4) is 0 Å². The van der Waals surface area contributed by atoms with Crippen molar-refractivity contribution < 1.29 is 0 Å². The molecular formula is C13H23N3S. The molecule has 1 aliphatic rings. The number of thiazole rings is 1.